The minimum atomic E-state index is -0.0643. The van der Waals surface area contributed by atoms with Gasteiger partial charge in [-0.1, -0.05) is 332 Å². The smallest absolute Gasteiger partial charge is 0.307 e. The van der Waals surface area contributed by atoms with Crippen LogP contribution in [0.4, 0.5) is 0 Å². The van der Waals surface area contributed by atoms with Crippen LogP contribution in [-0.2, 0) is 19.1 Å². The van der Waals surface area contributed by atoms with Crippen LogP contribution in [0.3, 0.4) is 0 Å². The third-order valence-electron chi connectivity index (χ3n) is 15.5. The molecule has 0 bridgehead atoms. The van der Waals surface area contributed by atoms with Crippen molar-refractivity contribution < 1.29 is 19.1 Å². The molecule has 0 aliphatic heterocycles. The maximum atomic E-state index is 12.8. The van der Waals surface area contributed by atoms with Gasteiger partial charge in [-0.3, -0.25) is 9.59 Å². The van der Waals surface area contributed by atoms with Gasteiger partial charge in [0.25, 0.3) is 0 Å². The fraction of sp³-hybridized carbons (Fsp3) is 0.970. The lowest BCUT2D eigenvalue weighted by Crippen LogP contribution is -2.29. The van der Waals surface area contributed by atoms with Crippen LogP contribution in [-0.4, -0.2) is 85.7 Å². The van der Waals surface area contributed by atoms with E-state index in [4.69, 9.17) is 9.47 Å². The molecule has 0 saturated carbocycles. The van der Waals surface area contributed by atoms with Gasteiger partial charge in [-0.05, 0) is 51.9 Å². The van der Waals surface area contributed by atoms with Gasteiger partial charge >= 0.3 is 11.9 Å². The maximum Gasteiger partial charge on any atom is 0.307 e. The Morgan fingerprint density at radius 1 is 0.257 bits per heavy atom. The van der Waals surface area contributed by atoms with Crippen molar-refractivity contribution in [2.75, 3.05) is 64.0 Å². The minimum Gasteiger partial charge on any atom is -0.465 e. The molecule has 0 N–H and O–H groups in total. The van der Waals surface area contributed by atoms with Gasteiger partial charge in [0.2, 0.25) is 0 Å². The zero-order valence-electron chi connectivity index (χ0n) is 50.8. The predicted molar refractivity (Wildman–Crippen MR) is 333 cm³/mol. The summed E-state index contributed by atoms with van der Waals surface area (Å²) in [7, 11) is 3.43. The van der Waals surface area contributed by atoms with E-state index < -0.39 is 0 Å². The monoisotopic (exact) mass is 1080 g/mol. The Morgan fingerprint density at radius 3 is 0.622 bits per heavy atom. The average molecular weight is 1080 g/mol. The van der Waals surface area contributed by atoms with Crippen LogP contribution in [0.1, 0.15) is 349 Å². The van der Waals surface area contributed by atoms with Crippen LogP contribution >= 0.6 is 21.6 Å². The summed E-state index contributed by atoms with van der Waals surface area (Å²) in [5.41, 5.74) is 0. The van der Waals surface area contributed by atoms with Crippen LogP contribution in [0.5, 0.6) is 0 Å². The van der Waals surface area contributed by atoms with E-state index in [0.29, 0.717) is 26.1 Å². The van der Waals surface area contributed by atoms with Crippen molar-refractivity contribution in [1.82, 2.24) is 9.80 Å². The zero-order chi connectivity index (χ0) is 53.6. The first-order valence-electron chi connectivity index (χ1n) is 33.6. The van der Waals surface area contributed by atoms with Crippen molar-refractivity contribution in [3.63, 3.8) is 0 Å². The summed E-state index contributed by atoms with van der Waals surface area (Å²) in [6.45, 7) is 16.1. The predicted octanol–water partition coefficient (Wildman–Crippen LogP) is 21.6. The molecule has 0 aromatic heterocycles. The number of carbonyl (C=O) groups is 2. The number of nitrogens with zero attached hydrogens (tertiary/aromatic N) is 2. The maximum absolute atomic E-state index is 12.8. The molecule has 0 rings (SSSR count). The molecule has 74 heavy (non-hydrogen) atoms. The number of hydrogen-bond acceptors (Lipinski definition) is 8. The number of rotatable bonds is 65. The Hall–Kier alpha value is -0.440. The molecule has 0 fully saturated rings. The van der Waals surface area contributed by atoms with E-state index in [2.05, 4.69) is 37.5 Å². The third kappa shape index (κ3) is 60.8. The van der Waals surface area contributed by atoms with Crippen molar-refractivity contribution in [2.24, 2.45) is 0 Å². The number of ether oxygens (including phenoxy) is 2. The molecule has 0 radical (unpaired) electrons. The van der Waals surface area contributed by atoms with E-state index in [9.17, 15) is 9.59 Å². The van der Waals surface area contributed by atoms with E-state index in [1.807, 2.05) is 0 Å². The second kappa shape index (κ2) is 65.1. The number of esters is 2. The Kier molecular flexibility index (Phi) is 64.7. The van der Waals surface area contributed by atoms with Crippen molar-refractivity contribution in [2.45, 2.75) is 349 Å². The second-order valence-electron chi connectivity index (χ2n) is 22.8. The standard InChI is InChI=1S/C66H132N2O4S2/c1-5-9-13-17-21-25-29-33-37-41-45-49-55-67(56-50-46-42-38-34-30-26-22-18-14-10-6-2)59-53-65(69)71-61-63-73-74-64-62-72-66(70)54-60-68(57-51-47-43-39-35-31-27-23-19-15-11-7-3)58-52-48-44-40-36-32-28-24-20-16-12-8-4/h5-64H2,1-4H3. The molecule has 0 atom stereocenters. The Morgan fingerprint density at radius 2 is 0.432 bits per heavy atom. The quantitative estimate of drug-likeness (QED) is 0.0339. The molecule has 442 valence electrons. The molecule has 0 amide bonds. The number of unbranched alkanes of at least 4 members (excludes halogenated alkanes) is 44. The van der Waals surface area contributed by atoms with Crippen LogP contribution in [0.2, 0.25) is 0 Å². The number of hydrogen-bond donors (Lipinski definition) is 0. The van der Waals surface area contributed by atoms with Gasteiger partial charge in [0.05, 0.1) is 12.8 Å². The highest BCUT2D eigenvalue weighted by Crippen LogP contribution is 2.21. The first-order valence-corrected chi connectivity index (χ1v) is 36.1. The molecule has 0 heterocycles. The first-order chi connectivity index (χ1) is 36.6. The van der Waals surface area contributed by atoms with Crippen LogP contribution < -0.4 is 0 Å². The number of carbonyl (C=O) groups excluding carboxylic acids is 2. The Labute approximate surface area is 472 Å². The topological polar surface area (TPSA) is 59.1 Å². The van der Waals surface area contributed by atoms with Crippen molar-refractivity contribution in [3.05, 3.63) is 0 Å². The van der Waals surface area contributed by atoms with Crippen LogP contribution in [0.25, 0.3) is 0 Å². The highest BCUT2D eigenvalue weighted by molar-refractivity contribution is 8.76. The fourth-order valence-electron chi connectivity index (χ4n) is 10.5. The fourth-order valence-corrected chi connectivity index (χ4v) is 12.2. The highest BCUT2D eigenvalue weighted by atomic mass is 33.1. The molecule has 0 spiro atoms. The van der Waals surface area contributed by atoms with Gasteiger partial charge in [-0.2, -0.15) is 0 Å². The van der Waals surface area contributed by atoms with E-state index in [-0.39, 0.29) is 11.9 Å². The van der Waals surface area contributed by atoms with Crippen LogP contribution in [0.15, 0.2) is 0 Å². The average Bonchev–Trinajstić information content (AvgIpc) is 3.40. The van der Waals surface area contributed by atoms with Gasteiger partial charge < -0.3 is 19.3 Å². The summed E-state index contributed by atoms with van der Waals surface area (Å²) in [6, 6.07) is 0. The molecule has 8 heteroatoms. The summed E-state index contributed by atoms with van der Waals surface area (Å²) >= 11 is 0. The van der Waals surface area contributed by atoms with E-state index in [1.54, 1.807) is 21.6 Å². The highest BCUT2D eigenvalue weighted by Gasteiger charge is 2.12. The van der Waals surface area contributed by atoms with Gasteiger partial charge in [0.1, 0.15) is 13.2 Å². The summed E-state index contributed by atoms with van der Waals surface area (Å²) in [4.78, 5) is 30.7. The van der Waals surface area contributed by atoms with Crippen molar-refractivity contribution >= 4 is 33.5 Å². The summed E-state index contributed by atoms with van der Waals surface area (Å²) in [5.74, 6) is 1.40. The van der Waals surface area contributed by atoms with Gasteiger partial charge in [-0.15, -0.1) is 0 Å². The molecule has 0 aliphatic carbocycles. The van der Waals surface area contributed by atoms with Gasteiger partial charge in [-0.25, -0.2) is 0 Å². The van der Waals surface area contributed by atoms with Crippen molar-refractivity contribution in [3.8, 4) is 0 Å². The summed E-state index contributed by atoms with van der Waals surface area (Å²) in [6.07, 6.45) is 66.9. The zero-order valence-corrected chi connectivity index (χ0v) is 52.4. The molecule has 0 aromatic carbocycles. The summed E-state index contributed by atoms with van der Waals surface area (Å²) in [5, 5.41) is 0. The Bertz CT molecular complexity index is 945. The molecule has 6 nitrogen and oxygen atoms in total. The largest absolute Gasteiger partial charge is 0.465 e. The lowest BCUT2D eigenvalue weighted by Gasteiger charge is -2.22. The SMILES string of the molecule is CCCCCCCCCCCCCCN(CCCCCCCCCCCCCC)CCC(=O)OCCSSCCOC(=O)CCN(CCCCCCCCCCCCCC)CCCCCCCCCCCCCC. The molecule has 0 unspecified atom stereocenters. The van der Waals surface area contributed by atoms with E-state index >= 15 is 0 Å². The van der Waals surface area contributed by atoms with E-state index in [0.717, 1.165) is 50.8 Å². The lowest BCUT2D eigenvalue weighted by atomic mass is 10.0. The van der Waals surface area contributed by atoms with Gasteiger partial charge in [0, 0.05) is 24.6 Å². The minimum absolute atomic E-state index is 0.0643. The summed E-state index contributed by atoms with van der Waals surface area (Å²) < 4.78 is 11.4. The lowest BCUT2D eigenvalue weighted by molar-refractivity contribution is -0.144. The first kappa shape index (κ1) is 73.6. The molecular weight excluding hydrogens is 949 g/mol. The molecule has 0 aromatic rings. The van der Waals surface area contributed by atoms with Crippen LogP contribution in [0, 0.1) is 0 Å². The van der Waals surface area contributed by atoms with Gasteiger partial charge in [0.15, 0.2) is 0 Å². The van der Waals surface area contributed by atoms with E-state index in [1.165, 1.54) is 308 Å². The van der Waals surface area contributed by atoms with Crippen molar-refractivity contribution in [1.29, 1.82) is 0 Å². The molecule has 0 saturated heterocycles. The Balaban J connectivity index is 4.44. The normalized spacial score (nSPS) is 11.7. The second-order valence-corrected chi connectivity index (χ2v) is 25.5. The molecular formula is C66H132N2O4S2. The molecule has 0 aliphatic rings. The third-order valence-corrected chi connectivity index (χ3v) is 17.9.